The maximum atomic E-state index is 12.6. The minimum atomic E-state index is -0.456. The predicted molar refractivity (Wildman–Crippen MR) is 117 cm³/mol. The van der Waals surface area contributed by atoms with Crippen LogP contribution in [0.2, 0.25) is 0 Å². The average molecular weight is 423 g/mol. The molecule has 0 saturated heterocycles. The van der Waals surface area contributed by atoms with Crippen LogP contribution in [0.15, 0.2) is 64.5 Å². The quantitative estimate of drug-likeness (QED) is 0.503. The number of aromatic nitrogens is 3. The fourth-order valence-electron chi connectivity index (χ4n) is 2.49. The van der Waals surface area contributed by atoms with Crippen LogP contribution in [-0.2, 0) is 9.59 Å². The molecule has 0 aliphatic carbocycles. The molecule has 0 spiro atoms. The summed E-state index contributed by atoms with van der Waals surface area (Å²) in [5, 5.41) is 13.8. The Labute approximate surface area is 177 Å². The minimum Gasteiger partial charge on any atom is -0.325 e. The van der Waals surface area contributed by atoms with E-state index in [2.05, 4.69) is 25.8 Å². The van der Waals surface area contributed by atoms with Crippen molar-refractivity contribution in [1.82, 2.24) is 15.2 Å². The van der Waals surface area contributed by atoms with E-state index in [0.717, 1.165) is 11.8 Å². The van der Waals surface area contributed by atoms with E-state index < -0.39 is 5.56 Å². The molecule has 0 bridgehead atoms. The molecule has 0 aliphatic rings. The van der Waals surface area contributed by atoms with Crippen LogP contribution < -0.4 is 16.2 Å². The Morgan fingerprint density at radius 3 is 2.40 bits per heavy atom. The third-order valence-electron chi connectivity index (χ3n) is 4.04. The molecule has 2 aromatic carbocycles. The van der Waals surface area contributed by atoms with Gasteiger partial charge in [0.05, 0.1) is 11.4 Å². The van der Waals surface area contributed by atoms with Gasteiger partial charge in [-0.3, -0.25) is 19.4 Å². The van der Waals surface area contributed by atoms with Gasteiger partial charge in [0.25, 0.3) is 5.56 Å². The minimum absolute atomic E-state index is 0.0693. The van der Waals surface area contributed by atoms with Crippen LogP contribution in [0.25, 0.3) is 11.3 Å². The molecule has 1 aromatic heterocycles. The molecule has 1 heterocycles. The maximum absolute atomic E-state index is 12.6. The van der Waals surface area contributed by atoms with Gasteiger partial charge in [-0.05, 0) is 18.2 Å². The fourth-order valence-corrected chi connectivity index (χ4v) is 3.09. The molecule has 0 radical (unpaired) electrons. The second kappa shape index (κ2) is 9.84. The fraction of sp³-hybridized carbons (Fsp3) is 0.190. The van der Waals surface area contributed by atoms with Crippen LogP contribution in [0.3, 0.4) is 0 Å². The molecule has 0 fully saturated rings. The molecule has 3 rings (SSSR count). The number of anilines is 2. The van der Waals surface area contributed by atoms with Crippen molar-refractivity contribution < 1.29 is 9.59 Å². The SMILES string of the molecule is CC(C)C(=O)Nc1ccccc1-c1nnc(SCC(=O)Nc2ccccc2)[nH]c1=O. The first kappa shape index (κ1) is 21.3. The van der Waals surface area contributed by atoms with Crippen LogP contribution in [-0.4, -0.2) is 32.7 Å². The third-order valence-corrected chi connectivity index (χ3v) is 4.90. The van der Waals surface area contributed by atoms with Crippen molar-refractivity contribution in [2.75, 3.05) is 16.4 Å². The first-order valence-corrected chi connectivity index (χ1v) is 10.3. The zero-order valence-corrected chi connectivity index (χ0v) is 17.3. The number of aromatic amines is 1. The lowest BCUT2D eigenvalue weighted by molar-refractivity contribution is -0.119. The number of thioether (sulfide) groups is 1. The smallest absolute Gasteiger partial charge is 0.278 e. The van der Waals surface area contributed by atoms with Gasteiger partial charge in [0.15, 0.2) is 10.9 Å². The molecule has 0 atom stereocenters. The average Bonchev–Trinajstić information content (AvgIpc) is 2.73. The van der Waals surface area contributed by atoms with E-state index in [1.807, 2.05) is 18.2 Å². The number of carbonyl (C=O) groups excluding carboxylic acids is 2. The molecular formula is C21H21N5O3S. The van der Waals surface area contributed by atoms with Gasteiger partial charge >= 0.3 is 0 Å². The van der Waals surface area contributed by atoms with Crippen LogP contribution in [0.1, 0.15) is 13.8 Å². The van der Waals surface area contributed by atoms with E-state index in [9.17, 15) is 14.4 Å². The van der Waals surface area contributed by atoms with Crippen molar-refractivity contribution in [3.63, 3.8) is 0 Å². The standard InChI is InChI=1S/C21H21N5O3S/c1-13(2)19(28)23-16-11-7-6-10-15(16)18-20(29)24-21(26-25-18)30-12-17(27)22-14-8-4-3-5-9-14/h3-11,13H,12H2,1-2H3,(H,22,27)(H,23,28)(H,24,26,29). The zero-order chi connectivity index (χ0) is 21.5. The van der Waals surface area contributed by atoms with Crippen LogP contribution in [0.5, 0.6) is 0 Å². The Morgan fingerprint density at radius 2 is 1.70 bits per heavy atom. The number of benzene rings is 2. The topological polar surface area (TPSA) is 117 Å². The highest BCUT2D eigenvalue weighted by Gasteiger charge is 2.15. The molecule has 0 unspecified atom stereocenters. The summed E-state index contributed by atoms with van der Waals surface area (Å²) >= 11 is 1.07. The molecule has 3 N–H and O–H groups in total. The molecular weight excluding hydrogens is 402 g/mol. The number of carbonyl (C=O) groups is 2. The summed E-state index contributed by atoms with van der Waals surface area (Å²) in [6.45, 7) is 3.56. The molecule has 9 heteroatoms. The first-order valence-electron chi connectivity index (χ1n) is 9.29. The lowest BCUT2D eigenvalue weighted by Crippen LogP contribution is -2.20. The molecule has 0 saturated carbocycles. The summed E-state index contributed by atoms with van der Waals surface area (Å²) in [6, 6.07) is 16.0. The molecule has 8 nitrogen and oxygen atoms in total. The molecule has 0 aliphatic heterocycles. The number of rotatable bonds is 7. The highest BCUT2D eigenvalue weighted by Crippen LogP contribution is 2.24. The summed E-state index contributed by atoms with van der Waals surface area (Å²) in [4.78, 5) is 39.3. The zero-order valence-electron chi connectivity index (χ0n) is 16.5. The van der Waals surface area contributed by atoms with Crippen LogP contribution >= 0.6 is 11.8 Å². The lowest BCUT2D eigenvalue weighted by atomic mass is 10.1. The van der Waals surface area contributed by atoms with Gasteiger partial charge in [-0.1, -0.05) is 62.0 Å². The van der Waals surface area contributed by atoms with E-state index >= 15 is 0 Å². The van der Waals surface area contributed by atoms with Crippen molar-refractivity contribution in [2.45, 2.75) is 19.0 Å². The highest BCUT2D eigenvalue weighted by atomic mass is 32.2. The molecule has 2 amide bonds. The number of nitrogens with one attached hydrogen (secondary N) is 3. The number of para-hydroxylation sites is 2. The third kappa shape index (κ3) is 5.54. The molecule has 3 aromatic rings. The van der Waals surface area contributed by atoms with Crippen molar-refractivity contribution in [3.8, 4) is 11.3 Å². The largest absolute Gasteiger partial charge is 0.325 e. The Hall–Kier alpha value is -3.46. The Kier molecular flexibility index (Phi) is 6.97. The summed E-state index contributed by atoms with van der Waals surface area (Å²) in [7, 11) is 0. The number of hydrogen-bond donors (Lipinski definition) is 3. The summed E-state index contributed by atoms with van der Waals surface area (Å²) in [5.74, 6) is -0.522. The molecule has 30 heavy (non-hydrogen) atoms. The van der Waals surface area contributed by atoms with E-state index in [1.54, 1.807) is 50.2 Å². The Morgan fingerprint density at radius 1 is 1.00 bits per heavy atom. The second-order valence-electron chi connectivity index (χ2n) is 6.70. The first-order chi connectivity index (χ1) is 14.4. The van der Waals surface area contributed by atoms with E-state index in [0.29, 0.717) is 16.9 Å². The van der Waals surface area contributed by atoms with E-state index in [4.69, 9.17) is 0 Å². The van der Waals surface area contributed by atoms with Gasteiger partial charge in [0, 0.05) is 17.2 Å². The monoisotopic (exact) mass is 423 g/mol. The van der Waals surface area contributed by atoms with Crippen molar-refractivity contribution >= 4 is 35.0 Å². The number of nitrogens with zero attached hydrogens (tertiary/aromatic N) is 2. The summed E-state index contributed by atoms with van der Waals surface area (Å²) < 4.78 is 0. The van der Waals surface area contributed by atoms with Gasteiger partial charge in [0.2, 0.25) is 11.8 Å². The summed E-state index contributed by atoms with van der Waals surface area (Å²) in [5.41, 5.74) is 1.28. The normalized spacial score (nSPS) is 10.6. The van der Waals surface area contributed by atoms with E-state index in [-0.39, 0.29) is 34.3 Å². The van der Waals surface area contributed by atoms with Gasteiger partial charge in [-0.25, -0.2) is 0 Å². The predicted octanol–water partition coefficient (Wildman–Crippen LogP) is 3.16. The molecule has 154 valence electrons. The van der Waals surface area contributed by atoms with Crippen molar-refractivity contribution in [2.24, 2.45) is 5.92 Å². The highest BCUT2D eigenvalue weighted by molar-refractivity contribution is 7.99. The maximum Gasteiger partial charge on any atom is 0.278 e. The van der Waals surface area contributed by atoms with E-state index in [1.165, 1.54) is 0 Å². The number of amides is 2. The van der Waals surface area contributed by atoms with Gasteiger partial charge in [-0.2, -0.15) is 0 Å². The summed E-state index contributed by atoms with van der Waals surface area (Å²) in [6.07, 6.45) is 0. The Balaban J connectivity index is 1.71. The van der Waals surface area contributed by atoms with Crippen molar-refractivity contribution in [1.29, 1.82) is 0 Å². The number of hydrogen-bond acceptors (Lipinski definition) is 6. The Bertz CT molecular complexity index is 1100. The van der Waals surface area contributed by atoms with Crippen molar-refractivity contribution in [3.05, 3.63) is 65.0 Å². The second-order valence-corrected chi connectivity index (χ2v) is 7.66. The van der Waals surface area contributed by atoms with Crippen LogP contribution in [0, 0.1) is 5.92 Å². The van der Waals surface area contributed by atoms with Crippen LogP contribution in [0.4, 0.5) is 11.4 Å². The van der Waals surface area contributed by atoms with Gasteiger partial charge < -0.3 is 10.6 Å². The van der Waals surface area contributed by atoms with Gasteiger partial charge in [-0.15, -0.1) is 10.2 Å². The number of H-pyrrole nitrogens is 1. The lowest BCUT2D eigenvalue weighted by Gasteiger charge is -2.11. The van der Waals surface area contributed by atoms with Gasteiger partial charge in [0.1, 0.15) is 0 Å².